The van der Waals surface area contributed by atoms with Crippen molar-refractivity contribution in [3.63, 3.8) is 0 Å². The van der Waals surface area contributed by atoms with Crippen molar-refractivity contribution >= 4 is 40.9 Å². The van der Waals surface area contributed by atoms with Crippen LogP contribution in [0.1, 0.15) is 13.3 Å². The number of rotatable bonds is 4. The van der Waals surface area contributed by atoms with Crippen LogP contribution in [0.25, 0.3) is 0 Å². The highest BCUT2D eigenvalue weighted by atomic mass is 32.2. The molecule has 1 heterocycles. The van der Waals surface area contributed by atoms with Gasteiger partial charge < -0.3 is 15.4 Å². The van der Waals surface area contributed by atoms with Gasteiger partial charge in [-0.2, -0.15) is 0 Å². The van der Waals surface area contributed by atoms with Gasteiger partial charge in [0.05, 0.1) is 10.9 Å². The number of fused-ring (bicyclic) bond motifs is 1. The Labute approximate surface area is 148 Å². The van der Waals surface area contributed by atoms with Gasteiger partial charge in [-0.3, -0.25) is 14.4 Å². The molecule has 0 saturated heterocycles. The van der Waals surface area contributed by atoms with Gasteiger partial charge >= 0.3 is 5.97 Å². The van der Waals surface area contributed by atoms with E-state index < -0.39 is 11.2 Å². The number of esters is 1. The second-order valence-electron chi connectivity index (χ2n) is 5.47. The summed E-state index contributed by atoms with van der Waals surface area (Å²) in [4.78, 5) is 36.3. The van der Waals surface area contributed by atoms with E-state index in [1.165, 1.54) is 18.7 Å². The fraction of sp³-hybridized carbons (Fsp3) is 0.167. The first-order valence-corrected chi connectivity index (χ1v) is 8.54. The van der Waals surface area contributed by atoms with Crippen LogP contribution in [-0.2, 0) is 14.4 Å². The van der Waals surface area contributed by atoms with Crippen LogP contribution in [-0.4, -0.2) is 23.0 Å². The summed E-state index contributed by atoms with van der Waals surface area (Å²) >= 11 is 1.37. The molecule has 25 heavy (non-hydrogen) atoms. The maximum atomic E-state index is 12.3. The first-order valence-electron chi connectivity index (χ1n) is 7.66. The second kappa shape index (κ2) is 7.40. The first kappa shape index (κ1) is 17.0. The number of ether oxygens (including phenoxy) is 1. The molecule has 0 saturated carbocycles. The zero-order valence-electron chi connectivity index (χ0n) is 13.4. The van der Waals surface area contributed by atoms with E-state index in [0.717, 1.165) is 10.6 Å². The highest BCUT2D eigenvalue weighted by Crippen LogP contribution is 2.36. The predicted molar refractivity (Wildman–Crippen MR) is 95.7 cm³/mol. The Morgan fingerprint density at radius 2 is 2.00 bits per heavy atom. The number of benzene rings is 2. The van der Waals surface area contributed by atoms with Crippen LogP contribution in [0.5, 0.6) is 5.75 Å². The summed E-state index contributed by atoms with van der Waals surface area (Å²) in [7, 11) is 0. The van der Waals surface area contributed by atoms with Crippen LogP contribution in [0, 0.1) is 0 Å². The molecule has 0 aliphatic carbocycles. The van der Waals surface area contributed by atoms with Gasteiger partial charge in [-0.25, -0.2) is 0 Å². The van der Waals surface area contributed by atoms with Crippen molar-refractivity contribution in [2.75, 3.05) is 10.6 Å². The monoisotopic (exact) mass is 356 g/mol. The average Bonchev–Trinajstić information content (AvgIpc) is 2.55. The highest BCUT2D eigenvalue weighted by molar-refractivity contribution is 8.01. The molecule has 0 unspecified atom stereocenters. The molecule has 0 aromatic heterocycles. The van der Waals surface area contributed by atoms with Crippen molar-refractivity contribution in [3.05, 3.63) is 48.5 Å². The van der Waals surface area contributed by atoms with Gasteiger partial charge in [0.1, 0.15) is 5.75 Å². The zero-order chi connectivity index (χ0) is 17.8. The molecule has 2 N–H and O–H groups in total. The molecule has 2 aromatic carbocycles. The van der Waals surface area contributed by atoms with Crippen molar-refractivity contribution in [1.82, 2.24) is 0 Å². The highest BCUT2D eigenvalue weighted by Gasteiger charge is 2.28. The van der Waals surface area contributed by atoms with E-state index in [-0.39, 0.29) is 18.2 Å². The SMILES string of the molecule is CC(=O)Oc1cccc(NC(=O)C[C@H]2Sc3ccccc3NC2=O)c1. The number of amides is 2. The summed E-state index contributed by atoms with van der Waals surface area (Å²) in [5, 5.41) is 5.04. The summed E-state index contributed by atoms with van der Waals surface area (Å²) in [5.41, 5.74) is 1.27. The molecule has 1 atom stereocenters. The van der Waals surface area contributed by atoms with E-state index in [0.29, 0.717) is 11.4 Å². The second-order valence-corrected chi connectivity index (χ2v) is 6.71. The lowest BCUT2D eigenvalue weighted by Crippen LogP contribution is -2.32. The molecule has 3 rings (SSSR count). The van der Waals surface area contributed by atoms with E-state index in [2.05, 4.69) is 10.6 Å². The summed E-state index contributed by atoms with van der Waals surface area (Å²) in [6, 6.07) is 14.0. The Kier molecular flexibility index (Phi) is 5.04. The van der Waals surface area contributed by atoms with Gasteiger partial charge in [-0.1, -0.05) is 18.2 Å². The standard InChI is InChI=1S/C18H16N2O4S/c1-11(21)24-13-6-4-5-12(9-13)19-17(22)10-16-18(23)20-14-7-2-3-8-15(14)25-16/h2-9,16H,10H2,1H3,(H,19,22)(H,20,23)/t16-/m1/s1. The molecular weight excluding hydrogens is 340 g/mol. The lowest BCUT2D eigenvalue weighted by molar-refractivity contribution is -0.131. The van der Waals surface area contributed by atoms with Crippen LogP contribution in [0.4, 0.5) is 11.4 Å². The van der Waals surface area contributed by atoms with E-state index in [9.17, 15) is 14.4 Å². The molecule has 0 radical (unpaired) electrons. The van der Waals surface area contributed by atoms with Crippen molar-refractivity contribution in [2.24, 2.45) is 0 Å². The number of hydrogen-bond acceptors (Lipinski definition) is 5. The normalized spacial score (nSPS) is 15.7. The van der Waals surface area contributed by atoms with Gasteiger partial charge in [-0.05, 0) is 24.3 Å². The van der Waals surface area contributed by atoms with Gasteiger partial charge in [-0.15, -0.1) is 11.8 Å². The van der Waals surface area contributed by atoms with Gasteiger partial charge in [0.15, 0.2) is 0 Å². The fourth-order valence-corrected chi connectivity index (χ4v) is 3.52. The van der Waals surface area contributed by atoms with Crippen molar-refractivity contribution in [1.29, 1.82) is 0 Å². The van der Waals surface area contributed by atoms with E-state index in [1.807, 2.05) is 24.3 Å². The minimum atomic E-state index is -0.494. The molecule has 0 bridgehead atoms. The fourth-order valence-electron chi connectivity index (χ4n) is 2.41. The van der Waals surface area contributed by atoms with Crippen molar-refractivity contribution < 1.29 is 19.1 Å². The van der Waals surface area contributed by atoms with E-state index >= 15 is 0 Å². The molecule has 2 aromatic rings. The molecule has 1 aliphatic heterocycles. The Morgan fingerprint density at radius 1 is 1.20 bits per heavy atom. The predicted octanol–water partition coefficient (Wildman–Crippen LogP) is 3.05. The Hall–Kier alpha value is -2.80. The number of carbonyl (C=O) groups excluding carboxylic acids is 3. The third kappa shape index (κ3) is 4.39. The van der Waals surface area contributed by atoms with Gasteiger partial charge in [0, 0.05) is 30.0 Å². The molecule has 2 amide bonds. The molecule has 1 aliphatic rings. The molecule has 0 spiro atoms. The molecule has 7 heteroatoms. The topological polar surface area (TPSA) is 84.5 Å². The number of nitrogens with one attached hydrogen (secondary N) is 2. The van der Waals surface area contributed by atoms with Crippen molar-refractivity contribution in [2.45, 2.75) is 23.5 Å². The molecule has 6 nitrogen and oxygen atoms in total. The number of para-hydroxylation sites is 1. The lowest BCUT2D eigenvalue weighted by atomic mass is 10.2. The summed E-state index contributed by atoms with van der Waals surface area (Å²) < 4.78 is 4.98. The smallest absolute Gasteiger partial charge is 0.308 e. The van der Waals surface area contributed by atoms with E-state index in [1.54, 1.807) is 24.3 Å². The average molecular weight is 356 g/mol. The van der Waals surface area contributed by atoms with Crippen LogP contribution in [0.15, 0.2) is 53.4 Å². The van der Waals surface area contributed by atoms with Crippen LogP contribution in [0.3, 0.4) is 0 Å². The maximum absolute atomic E-state index is 12.3. The third-order valence-electron chi connectivity index (χ3n) is 3.46. The number of anilines is 2. The minimum absolute atomic E-state index is 0.0443. The van der Waals surface area contributed by atoms with Crippen LogP contribution < -0.4 is 15.4 Å². The van der Waals surface area contributed by atoms with Crippen LogP contribution >= 0.6 is 11.8 Å². The Bertz CT molecular complexity index is 837. The maximum Gasteiger partial charge on any atom is 0.308 e. The lowest BCUT2D eigenvalue weighted by Gasteiger charge is -2.23. The number of carbonyl (C=O) groups is 3. The van der Waals surface area contributed by atoms with Gasteiger partial charge in [0.25, 0.3) is 0 Å². The third-order valence-corrected chi connectivity index (χ3v) is 4.73. The summed E-state index contributed by atoms with van der Waals surface area (Å²) in [5.74, 6) is -0.555. The Morgan fingerprint density at radius 3 is 2.80 bits per heavy atom. The first-order chi connectivity index (χ1) is 12.0. The molecule has 0 fully saturated rings. The molecule has 128 valence electrons. The largest absolute Gasteiger partial charge is 0.427 e. The van der Waals surface area contributed by atoms with Gasteiger partial charge in [0.2, 0.25) is 11.8 Å². The summed E-state index contributed by atoms with van der Waals surface area (Å²) in [6.07, 6.45) is 0.0443. The Balaban J connectivity index is 1.63. The van der Waals surface area contributed by atoms with Crippen LogP contribution in [0.2, 0.25) is 0 Å². The quantitative estimate of drug-likeness (QED) is 0.650. The van der Waals surface area contributed by atoms with E-state index in [4.69, 9.17) is 4.74 Å². The van der Waals surface area contributed by atoms with Crippen molar-refractivity contribution in [3.8, 4) is 5.75 Å². The number of thioether (sulfide) groups is 1. The number of hydrogen-bond donors (Lipinski definition) is 2. The molecular formula is C18H16N2O4S. The summed E-state index contributed by atoms with van der Waals surface area (Å²) in [6.45, 7) is 1.31. The minimum Gasteiger partial charge on any atom is -0.427 e. The zero-order valence-corrected chi connectivity index (χ0v) is 14.3.